The normalized spacial score (nSPS) is 21.1. The summed E-state index contributed by atoms with van der Waals surface area (Å²) in [7, 11) is 0. The number of carbonyl (C=O) groups excluding carboxylic acids is 1. The molecule has 1 spiro atoms. The van der Waals surface area contributed by atoms with E-state index in [9.17, 15) is 4.79 Å². The van der Waals surface area contributed by atoms with E-state index in [0.717, 1.165) is 6.54 Å². The van der Waals surface area contributed by atoms with Gasteiger partial charge in [-0.2, -0.15) is 0 Å². The molecule has 1 aromatic rings. The van der Waals surface area contributed by atoms with Crippen LogP contribution in [-0.4, -0.2) is 35.8 Å². The SMILES string of the molecule is CC.CC(C)(C)OC(=O)N1CC2(CCCCC2)C1COCc1ccccc1. The summed E-state index contributed by atoms with van der Waals surface area (Å²) in [5.41, 5.74) is 0.955. The molecule has 27 heavy (non-hydrogen) atoms. The molecular formula is C23H37NO3. The lowest BCUT2D eigenvalue weighted by atomic mass is 9.63. The quantitative estimate of drug-likeness (QED) is 0.667. The maximum absolute atomic E-state index is 12.6. The molecule has 0 aromatic heterocycles. The second kappa shape index (κ2) is 9.59. The van der Waals surface area contributed by atoms with Gasteiger partial charge in [-0.15, -0.1) is 0 Å². The number of amides is 1. The van der Waals surface area contributed by atoms with Gasteiger partial charge >= 0.3 is 6.09 Å². The highest BCUT2D eigenvalue weighted by molar-refractivity contribution is 5.70. The van der Waals surface area contributed by atoms with E-state index in [2.05, 4.69) is 12.1 Å². The Balaban J connectivity index is 0.00000126. The Morgan fingerprint density at radius 3 is 2.33 bits per heavy atom. The van der Waals surface area contributed by atoms with Gasteiger partial charge in [0.15, 0.2) is 0 Å². The minimum absolute atomic E-state index is 0.145. The summed E-state index contributed by atoms with van der Waals surface area (Å²) in [5.74, 6) is 0. The second-order valence-electron chi connectivity index (χ2n) is 8.55. The fourth-order valence-corrected chi connectivity index (χ4v) is 4.16. The van der Waals surface area contributed by atoms with Crippen molar-refractivity contribution in [3.63, 3.8) is 0 Å². The van der Waals surface area contributed by atoms with Crippen molar-refractivity contribution in [3.8, 4) is 0 Å². The molecule has 1 unspecified atom stereocenters. The monoisotopic (exact) mass is 375 g/mol. The average molecular weight is 376 g/mol. The van der Waals surface area contributed by atoms with Crippen LogP contribution in [0.2, 0.25) is 0 Å². The predicted octanol–water partition coefficient (Wildman–Crippen LogP) is 5.80. The molecule has 1 saturated heterocycles. The molecule has 4 heteroatoms. The number of hydrogen-bond donors (Lipinski definition) is 0. The van der Waals surface area contributed by atoms with E-state index in [1.165, 1.54) is 37.7 Å². The molecule has 1 atom stereocenters. The van der Waals surface area contributed by atoms with Crippen LogP contribution in [0.4, 0.5) is 4.79 Å². The van der Waals surface area contributed by atoms with Crippen LogP contribution in [0.25, 0.3) is 0 Å². The predicted molar refractivity (Wildman–Crippen MR) is 110 cm³/mol. The molecule has 1 aliphatic carbocycles. The van der Waals surface area contributed by atoms with Gasteiger partial charge in [-0.05, 0) is 39.2 Å². The number of benzene rings is 1. The van der Waals surface area contributed by atoms with Gasteiger partial charge in [-0.25, -0.2) is 4.79 Å². The van der Waals surface area contributed by atoms with E-state index in [0.29, 0.717) is 13.2 Å². The Morgan fingerprint density at radius 1 is 1.11 bits per heavy atom. The lowest BCUT2D eigenvalue weighted by Crippen LogP contribution is -2.68. The van der Waals surface area contributed by atoms with E-state index >= 15 is 0 Å². The molecule has 0 bridgehead atoms. The summed E-state index contributed by atoms with van der Waals surface area (Å²) in [6, 6.07) is 10.4. The molecule has 2 aliphatic rings. The standard InChI is InChI=1S/C21H31NO3.C2H6/c1-20(2,3)25-19(23)22-16-21(12-8-5-9-13-21)18(22)15-24-14-17-10-6-4-7-11-17;1-2/h4,6-7,10-11,18H,5,8-9,12-16H2,1-3H3;1-2H3. The first-order chi connectivity index (χ1) is 12.9. The van der Waals surface area contributed by atoms with Crippen LogP contribution in [0.5, 0.6) is 0 Å². The second-order valence-corrected chi connectivity index (χ2v) is 8.55. The third kappa shape index (κ3) is 5.71. The fourth-order valence-electron chi connectivity index (χ4n) is 4.16. The Hall–Kier alpha value is -1.55. The zero-order chi connectivity index (χ0) is 19.9. The molecule has 2 fully saturated rings. The van der Waals surface area contributed by atoms with Crippen molar-refractivity contribution in [2.45, 2.75) is 85.0 Å². The molecule has 0 N–H and O–H groups in total. The zero-order valence-electron chi connectivity index (χ0n) is 17.8. The van der Waals surface area contributed by atoms with Crippen LogP contribution in [-0.2, 0) is 16.1 Å². The van der Waals surface area contributed by atoms with Crippen LogP contribution < -0.4 is 0 Å². The molecule has 1 aromatic carbocycles. The minimum atomic E-state index is -0.457. The molecular weight excluding hydrogens is 338 g/mol. The first-order valence-corrected chi connectivity index (χ1v) is 10.5. The summed E-state index contributed by atoms with van der Waals surface area (Å²) in [5, 5.41) is 0. The first kappa shape index (κ1) is 21.7. The van der Waals surface area contributed by atoms with Crippen LogP contribution in [0, 0.1) is 5.41 Å². The van der Waals surface area contributed by atoms with Crippen molar-refractivity contribution in [2.24, 2.45) is 5.41 Å². The van der Waals surface area contributed by atoms with Crippen LogP contribution in [0.1, 0.15) is 72.3 Å². The Kier molecular flexibility index (Phi) is 7.72. The van der Waals surface area contributed by atoms with Gasteiger partial charge in [-0.1, -0.05) is 63.4 Å². The van der Waals surface area contributed by atoms with Crippen molar-refractivity contribution < 1.29 is 14.3 Å². The van der Waals surface area contributed by atoms with Gasteiger partial charge in [0.2, 0.25) is 0 Å². The molecule has 1 heterocycles. The van der Waals surface area contributed by atoms with E-state index in [-0.39, 0.29) is 17.6 Å². The summed E-state index contributed by atoms with van der Waals surface area (Å²) in [6.45, 7) is 11.8. The lowest BCUT2D eigenvalue weighted by Gasteiger charge is -2.58. The maximum Gasteiger partial charge on any atom is 0.410 e. The number of nitrogens with zero attached hydrogens (tertiary/aromatic N) is 1. The van der Waals surface area contributed by atoms with Crippen molar-refractivity contribution in [1.82, 2.24) is 4.90 Å². The van der Waals surface area contributed by atoms with Gasteiger partial charge in [0.25, 0.3) is 0 Å². The van der Waals surface area contributed by atoms with Gasteiger partial charge in [-0.3, -0.25) is 0 Å². The number of carbonyl (C=O) groups is 1. The summed E-state index contributed by atoms with van der Waals surface area (Å²) in [6.07, 6.45) is 6.04. The third-order valence-electron chi connectivity index (χ3n) is 5.43. The van der Waals surface area contributed by atoms with Gasteiger partial charge in [0.1, 0.15) is 5.60 Å². The van der Waals surface area contributed by atoms with E-state index in [4.69, 9.17) is 9.47 Å². The fraction of sp³-hybridized carbons (Fsp3) is 0.696. The van der Waals surface area contributed by atoms with Gasteiger partial charge in [0, 0.05) is 12.0 Å². The molecule has 0 radical (unpaired) electrons. The largest absolute Gasteiger partial charge is 0.444 e. The summed E-state index contributed by atoms with van der Waals surface area (Å²) < 4.78 is 11.6. The van der Waals surface area contributed by atoms with Gasteiger partial charge < -0.3 is 14.4 Å². The number of hydrogen-bond acceptors (Lipinski definition) is 3. The number of rotatable bonds is 4. The number of ether oxygens (including phenoxy) is 2. The highest BCUT2D eigenvalue weighted by Gasteiger charge is 2.55. The smallest absolute Gasteiger partial charge is 0.410 e. The van der Waals surface area contributed by atoms with E-state index in [1.54, 1.807) is 0 Å². The highest BCUT2D eigenvalue weighted by atomic mass is 16.6. The molecule has 4 nitrogen and oxygen atoms in total. The molecule has 1 aliphatic heterocycles. The molecule has 3 rings (SSSR count). The first-order valence-electron chi connectivity index (χ1n) is 10.5. The number of likely N-dealkylation sites (tertiary alicyclic amines) is 1. The highest BCUT2D eigenvalue weighted by Crippen LogP contribution is 2.49. The van der Waals surface area contributed by atoms with E-state index in [1.807, 2.05) is 57.7 Å². The van der Waals surface area contributed by atoms with Crippen LogP contribution in [0.15, 0.2) is 30.3 Å². The van der Waals surface area contributed by atoms with Crippen LogP contribution in [0.3, 0.4) is 0 Å². The zero-order valence-corrected chi connectivity index (χ0v) is 17.8. The molecule has 152 valence electrons. The topological polar surface area (TPSA) is 38.8 Å². The van der Waals surface area contributed by atoms with Crippen molar-refractivity contribution in [1.29, 1.82) is 0 Å². The maximum atomic E-state index is 12.6. The third-order valence-corrected chi connectivity index (χ3v) is 5.43. The lowest BCUT2D eigenvalue weighted by molar-refractivity contribution is -0.125. The Bertz CT molecular complexity index is 573. The van der Waals surface area contributed by atoms with Crippen molar-refractivity contribution >= 4 is 6.09 Å². The summed E-state index contributed by atoms with van der Waals surface area (Å²) in [4.78, 5) is 14.4. The Labute approximate surface area is 165 Å². The molecule has 1 saturated carbocycles. The van der Waals surface area contributed by atoms with Crippen molar-refractivity contribution in [2.75, 3.05) is 13.2 Å². The van der Waals surface area contributed by atoms with Crippen LogP contribution >= 0.6 is 0 Å². The molecule has 1 amide bonds. The summed E-state index contributed by atoms with van der Waals surface area (Å²) >= 11 is 0. The van der Waals surface area contributed by atoms with E-state index < -0.39 is 5.60 Å². The average Bonchev–Trinajstić information content (AvgIpc) is 2.65. The van der Waals surface area contributed by atoms with Crippen molar-refractivity contribution in [3.05, 3.63) is 35.9 Å². The Morgan fingerprint density at radius 2 is 1.74 bits per heavy atom. The minimum Gasteiger partial charge on any atom is -0.444 e. The van der Waals surface area contributed by atoms with Gasteiger partial charge in [0.05, 0.1) is 19.3 Å².